The van der Waals surface area contributed by atoms with Crippen LogP contribution < -0.4 is 4.18 Å². The summed E-state index contributed by atoms with van der Waals surface area (Å²) in [4.78, 5) is 0.128. The first-order chi connectivity index (χ1) is 8.88. The molecule has 5 heteroatoms. The highest BCUT2D eigenvalue weighted by Crippen LogP contribution is 2.25. The van der Waals surface area contributed by atoms with Crippen LogP contribution in [-0.2, 0) is 10.1 Å². The summed E-state index contributed by atoms with van der Waals surface area (Å²) in [6, 6.07) is 11.9. The Morgan fingerprint density at radius 1 is 1.05 bits per heavy atom. The summed E-state index contributed by atoms with van der Waals surface area (Å²) in [5.41, 5.74) is 1.73. The van der Waals surface area contributed by atoms with Gasteiger partial charge in [0.05, 0.1) is 0 Å². The summed E-state index contributed by atoms with van der Waals surface area (Å²) >= 11 is 3.25. The Hall–Kier alpha value is -1.33. The average molecular weight is 341 g/mol. The van der Waals surface area contributed by atoms with Crippen LogP contribution in [0.25, 0.3) is 0 Å². The van der Waals surface area contributed by atoms with Gasteiger partial charge >= 0.3 is 10.1 Å². The van der Waals surface area contributed by atoms with Crippen molar-refractivity contribution in [2.24, 2.45) is 0 Å². The Morgan fingerprint density at radius 2 is 1.79 bits per heavy atom. The Labute approximate surface area is 121 Å². The van der Waals surface area contributed by atoms with Crippen molar-refractivity contribution < 1.29 is 12.6 Å². The number of aryl methyl sites for hydroxylation is 2. The first-order valence-corrected chi connectivity index (χ1v) is 7.86. The smallest absolute Gasteiger partial charge is 0.339 e. The van der Waals surface area contributed by atoms with Gasteiger partial charge in [-0.15, -0.1) is 0 Å². The number of benzene rings is 2. The van der Waals surface area contributed by atoms with Gasteiger partial charge in [0.15, 0.2) is 0 Å². The van der Waals surface area contributed by atoms with E-state index < -0.39 is 10.1 Å². The Morgan fingerprint density at radius 3 is 2.47 bits per heavy atom. The van der Waals surface area contributed by atoms with Gasteiger partial charge in [-0.1, -0.05) is 34.1 Å². The largest absolute Gasteiger partial charge is 0.379 e. The van der Waals surface area contributed by atoms with Gasteiger partial charge in [-0.2, -0.15) is 8.42 Å². The molecule has 2 rings (SSSR count). The van der Waals surface area contributed by atoms with E-state index in [1.165, 1.54) is 12.1 Å². The summed E-state index contributed by atoms with van der Waals surface area (Å²) < 4.78 is 30.2. The minimum atomic E-state index is -3.81. The molecule has 2 aromatic rings. The average Bonchev–Trinajstić information content (AvgIpc) is 2.33. The Kier molecular flexibility index (Phi) is 3.96. The molecule has 0 saturated carbocycles. The van der Waals surface area contributed by atoms with E-state index in [-0.39, 0.29) is 4.90 Å². The molecule has 0 radical (unpaired) electrons. The number of halogens is 1. The Bertz CT molecular complexity index is 708. The first kappa shape index (κ1) is 14.1. The highest BCUT2D eigenvalue weighted by Gasteiger charge is 2.18. The molecule has 0 aromatic heterocycles. The van der Waals surface area contributed by atoms with Gasteiger partial charge in [0, 0.05) is 4.47 Å². The highest BCUT2D eigenvalue weighted by atomic mass is 79.9. The topological polar surface area (TPSA) is 43.4 Å². The number of hydrogen-bond acceptors (Lipinski definition) is 3. The van der Waals surface area contributed by atoms with Gasteiger partial charge in [-0.3, -0.25) is 0 Å². The lowest BCUT2D eigenvalue weighted by Crippen LogP contribution is -2.10. The fourth-order valence-corrected chi connectivity index (χ4v) is 3.17. The van der Waals surface area contributed by atoms with Crippen LogP contribution in [-0.4, -0.2) is 8.42 Å². The van der Waals surface area contributed by atoms with Crippen LogP contribution in [0.1, 0.15) is 11.1 Å². The molecule has 0 N–H and O–H groups in total. The van der Waals surface area contributed by atoms with Crippen LogP contribution >= 0.6 is 15.9 Å². The van der Waals surface area contributed by atoms with Crippen molar-refractivity contribution in [1.29, 1.82) is 0 Å². The standard InChI is InChI=1S/C14H13BrO3S/c1-10-6-7-11(2)14(8-10)18-19(16,17)13-5-3-4-12(15)9-13/h3-9H,1-2H3. The second-order valence-corrected chi connectivity index (χ2v) is 6.73. The zero-order valence-corrected chi connectivity index (χ0v) is 13.0. The van der Waals surface area contributed by atoms with Gasteiger partial charge < -0.3 is 4.18 Å². The summed E-state index contributed by atoms with van der Waals surface area (Å²) in [5.74, 6) is 0.361. The van der Waals surface area contributed by atoms with Crippen molar-refractivity contribution in [2.75, 3.05) is 0 Å². The quantitative estimate of drug-likeness (QED) is 0.797. The monoisotopic (exact) mass is 340 g/mol. The van der Waals surface area contributed by atoms with Crippen molar-refractivity contribution in [3.8, 4) is 5.75 Å². The maximum absolute atomic E-state index is 12.2. The van der Waals surface area contributed by atoms with Crippen LogP contribution in [0.2, 0.25) is 0 Å². The molecule has 0 saturated heterocycles. The molecule has 0 amide bonds. The van der Waals surface area contributed by atoms with E-state index >= 15 is 0 Å². The molecule has 3 nitrogen and oxygen atoms in total. The van der Waals surface area contributed by atoms with Gasteiger partial charge in [0.25, 0.3) is 0 Å². The molecule has 0 spiro atoms. The second-order valence-electron chi connectivity index (χ2n) is 4.26. The second kappa shape index (κ2) is 5.35. The summed E-state index contributed by atoms with van der Waals surface area (Å²) in [6.45, 7) is 3.70. The third-order valence-corrected chi connectivity index (χ3v) is 4.35. The number of rotatable bonds is 3. The lowest BCUT2D eigenvalue weighted by atomic mass is 10.1. The minimum Gasteiger partial charge on any atom is -0.379 e. The molecule has 0 unspecified atom stereocenters. The highest BCUT2D eigenvalue weighted by molar-refractivity contribution is 9.10. The molecule has 0 atom stereocenters. The fraction of sp³-hybridized carbons (Fsp3) is 0.143. The maximum atomic E-state index is 12.2. The molecule has 0 aliphatic carbocycles. The molecule has 0 fully saturated rings. The zero-order valence-electron chi connectivity index (χ0n) is 10.6. The predicted octanol–water partition coefficient (Wildman–Crippen LogP) is 3.83. The summed E-state index contributed by atoms with van der Waals surface area (Å²) in [5, 5.41) is 0. The molecule has 2 aromatic carbocycles. The van der Waals surface area contributed by atoms with Crippen LogP contribution in [0.4, 0.5) is 0 Å². The third-order valence-electron chi connectivity index (χ3n) is 2.63. The van der Waals surface area contributed by atoms with Crippen molar-refractivity contribution in [3.05, 3.63) is 58.1 Å². The Balaban J connectivity index is 2.39. The van der Waals surface area contributed by atoms with Crippen molar-refractivity contribution in [1.82, 2.24) is 0 Å². The van der Waals surface area contributed by atoms with E-state index in [9.17, 15) is 8.42 Å². The molecule has 19 heavy (non-hydrogen) atoms. The van der Waals surface area contributed by atoms with Gasteiger partial charge in [0.1, 0.15) is 10.6 Å². The third kappa shape index (κ3) is 3.36. The van der Waals surface area contributed by atoms with E-state index in [4.69, 9.17) is 4.18 Å². The first-order valence-electron chi connectivity index (χ1n) is 5.66. The van der Waals surface area contributed by atoms with Gasteiger partial charge in [-0.25, -0.2) is 0 Å². The summed E-state index contributed by atoms with van der Waals surface area (Å²) in [6.07, 6.45) is 0. The van der Waals surface area contributed by atoms with Crippen LogP contribution in [0.15, 0.2) is 51.8 Å². The lowest BCUT2D eigenvalue weighted by Gasteiger charge is -2.10. The lowest BCUT2D eigenvalue weighted by molar-refractivity contribution is 0.484. The van der Waals surface area contributed by atoms with Crippen molar-refractivity contribution in [2.45, 2.75) is 18.7 Å². The molecular weight excluding hydrogens is 328 g/mol. The molecular formula is C14H13BrO3S. The fourth-order valence-electron chi connectivity index (χ4n) is 1.59. The predicted molar refractivity (Wildman–Crippen MR) is 77.9 cm³/mol. The van der Waals surface area contributed by atoms with Crippen LogP contribution in [0.5, 0.6) is 5.75 Å². The molecule has 100 valence electrons. The van der Waals surface area contributed by atoms with Gasteiger partial charge in [-0.05, 0) is 49.2 Å². The van der Waals surface area contributed by atoms with E-state index in [2.05, 4.69) is 15.9 Å². The maximum Gasteiger partial charge on any atom is 0.339 e. The molecule has 0 aliphatic rings. The van der Waals surface area contributed by atoms with Gasteiger partial charge in [0.2, 0.25) is 0 Å². The van der Waals surface area contributed by atoms with Crippen molar-refractivity contribution >= 4 is 26.0 Å². The van der Waals surface area contributed by atoms with E-state index in [1.807, 2.05) is 26.0 Å². The molecule has 0 heterocycles. The zero-order chi connectivity index (χ0) is 14.0. The van der Waals surface area contributed by atoms with E-state index in [1.54, 1.807) is 18.2 Å². The molecule has 0 aliphatic heterocycles. The summed E-state index contributed by atoms with van der Waals surface area (Å²) in [7, 11) is -3.81. The van der Waals surface area contributed by atoms with Crippen molar-refractivity contribution in [3.63, 3.8) is 0 Å². The van der Waals surface area contributed by atoms with E-state index in [0.717, 1.165) is 11.1 Å². The normalized spacial score (nSPS) is 11.3. The molecule has 0 bridgehead atoms. The van der Waals surface area contributed by atoms with Crippen LogP contribution in [0.3, 0.4) is 0 Å². The SMILES string of the molecule is Cc1ccc(C)c(OS(=O)(=O)c2cccc(Br)c2)c1. The van der Waals surface area contributed by atoms with Crippen LogP contribution in [0, 0.1) is 13.8 Å². The number of hydrogen-bond donors (Lipinski definition) is 0. The minimum absolute atomic E-state index is 0.128. The van der Waals surface area contributed by atoms with E-state index in [0.29, 0.717) is 10.2 Å².